The Bertz CT molecular complexity index is 566. The van der Waals surface area contributed by atoms with Gasteiger partial charge in [-0.1, -0.05) is 11.8 Å². The molecule has 19 heavy (non-hydrogen) atoms. The number of thioether (sulfide) groups is 1. The number of carbonyl (C=O) groups is 1. The van der Waals surface area contributed by atoms with Crippen molar-refractivity contribution in [2.24, 2.45) is 0 Å². The molecule has 2 aromatic rings. The Labute approximate surface area is 113 Å². The highest BCUT2D eigenvalue weighted by atomic mass is 32.2. The minimum absolute atomic E-state index is 0.291. The molecule has 1 aromatic heterocycles. The van der Waals surface area contributed by atoms with Crippen LogP contribution in [0.2, 0.25) is 0 Å². The second-order valence-corrected chi connectivity index (χ2v) is 4.81. The van der Waals surface area contributed by atoms with E-state index in [0.29, 0.717) is 33.7 Å². The first kappa shape index (κ1) is 13.6. The molecule has 0 bridgehead atoms. The Hall–Kier alpha value is -1.82. The van der Waals surface area contributed by atoms with Crippen molar-refractivity contribution in [3.63, 3.8) is 0 Å². The summed E-state index contributed by atoms with van der Waals surface area (Å²) in [6, 6.07) is 7.81. The molecule has 0 fully saturated rings. The third-order valence-electron chi connectivity index (χ3n) is 2.44. The van der Waals surface area contributed by atoms with Gasteiger partial charge < -0.3 is 9.73 Å². The average Bonchev–Trinajstić information content (AvgIpc) is 2.77. The number of alkyl halides is 2. The summed E-state index contributed by atoms with van der Waals surface area (Å²) in [5.41, 5.74) is 0.996. The summed E-state index contributed by atoms with van der Waals surface area (Å²) in [6.45, 7) is 1.69. The fourth-order valence-electron chi connectivity index (χ4n) is 1.54. The van der Waals surface area contributed by atoms with Gasteiger partial charge in [-0.15, -0.1) is 0 Å². The number of amides is 1. The molecule has 0 saturated heterocycles. The number of carbonyl (C=O) groups excluding carboxylic acids is 1. The van der Waals surface area contributed by atoms with Gasteiger partial charge in [0.25, 0.3) is 11.7 Å². The highest BCUT2D eigenvalue weighted by molar-refractivity contribution is 7.99. The fourth-order valence-corrected chi connectivity index (χ4v) is 2.04. The van der Waals surface area contributed by atoms with Crippen LogP contribution in [0.15, 0.2) is 45.9 Å². The maximum atomic E-state index is 12.1. The Morgan fingerprint density at radius 3 is 2.47 bits per heavy atom. The van der Waals surface area contributed by atoms with Gasteiger partial charge in [0.2, 0.25) is 0 Å². The summed E-state index contributed by atoms with van der Waals surface area (Å²) in [6.07, 6.45) is 1.44. The van der Waals surface area contributed by atoms with Crippen molar-refractivity contribution < 1.29 is 18.0 Å². The molecule has 6 heteroatoms. The average molecular weight is 283 g/mol. The maximum absolute atomic E-state index is 12.1. The molecule has 0 aliphatic carbocycles. The molecule has 3 nitrogen and oxygen atoms in total. The quantitative estimate of drug-likeness (QED) is 0.857. The SMILES string of the molecule is Cc1occc1C(=O)Nc1ccc(SC(F)F)cc1. The lowest BCUT2D eigenvalue weighted by molar-refractivity contribution is 0.102. The van der Waals surface area contributed by atoms with Crippen molar-refractivity contribution in [1.82, 2.24) is 0 Å². The summed E-state index contributed by atoms with van der Waals surface area (Å²) >= 11 is 0.465. The van der Waals surface area contributed by atoms with Gasteiger partial charge in [-0.25, -0.2) is 0 Å². The summed E-state index contributed by atoms with van der Waals surface area (Å²) in [5.74, 6) is -2.21. The number of nitrogens with one attached hydrogen (secondary N) is 1. The largest absolute Gasteiger partial charge is 0.469 e. The summed E-state index contributed by atoms with van der Waals surface area (Å²) < 4.78 is 29.3. The molecule has 0 unspecified atom stereocenters. The van der Waals surface area contributed by atoms with E-state index < -0.39 is 5.76 Å². The van der Waals surface area contributed by atoms with E-state index in [0.717, 1.165) is 0 Å². The minimum atomic E-state index is -2.45. The number of halogens is 2. The third kappa shape index (κ3) is 3.57. The van der Waals surface area contributed by atoms with E-state index in [4.69, 9.17) is 4.42 Å². The monoisotopic (exact) mass is 283 g/mol. The predicted octanol–water partition coefficient (Wildman–Crippen LogP) is 4.16. The van der Waals surface area contributed by atoms with Gasteiger partial charge >= 0.3 is 0 Å². The van der Waals surface area contributed by atoms with E-state index >= 15 is 0 Å². The van der Waals surface area contributed by atoms with E-state index in [-0.39, 0.29) is 5.91 Å². The first-order valence-corrected chi connectivity index (χ1v) is 6.34. The van der Waals surface area contributed by atoms with Crippen LogP contribution in [-0.4, -0.2) is 11.7 Å². The lowest BCUT2D eigenvalue weighted by atomic mass is 10.2. The number of anilines is 1. The predicted molar refractivity (Wildman–Crippen MR) is 69.7 cm³/mol. The zero-order valence-electron chi connectivity index (χ0n) is 10.0. The first-order chi connectivity index (χ1) is 9.06. The lowest BCUT2D eigenvalue weighted by Crippen LogP contribution is -2.11. The van der Waals surface area contributed by atoms with Crippen LogP contribution in [0.25, 0.3) is 0 Å². The summed E-state index contributed by atoms with van der Waals surface area (Å²) in [4.78, 5) is 12.3. The summed E-state index contributed by atoms with van der Waals surface area (Å²) in [7, 11) is 0. The van der Waals surface area contributed by atoms with E-state index in [1.165, 1.54) is 18.4 Å². The van der Waals surface area contributed by atoms with Crippen molar-refractivity contribution in [1.29, 1.82) is 0 Å². The first-order valence-electron chi connectivity index (χ1n) is 5.46. The molecule has 1 heterocycles. The Morgan fingerprint density at radius 1 is 1.26 bits per heavy atom. The standard InChI is InChI=1S/C13H11F2NO2S/c1-8-11(6-7-18-8)12(17)16-9-2-4-10(5-3-9)19-13(14)15/h2-7,13H,1H3,(H,16,17). The van der Waals surface area contributed by atoms with Gasteiger partial charge in [0.15, 0.2) is 0 Å². The molecule has 0 saturated carbocycles. The normalized spacial score (nSPS) is 10.7. The molecule has 0 aliphatic rings. The van der Waals surface area contributed by atoms with Crippen LogP contribution in [0.1, 0.15) is 16.1 Å². The molecule has 0 spiro atoms. The van der Waals surface area contributed by atoms with Crippen LogP contribution in [0.4, 0.5) is 14.5 Å². The van der Waals surface area contributed by atoms with Gasteiger partial charge in [-0.3, -0.25) is 4.79 Å². The van der Waals surface area contributed by atoms with Crippen LogP contribution in [0, 0.1) is 6.92 Å². The van der Waals surface area contributed by atoms with Crippen molar-refractivity contribution in [2.45, 2.75) is 17.6 Å². The highest BCUT2D eigenvalue weighted by Gasteiger charge is 2.11. The van der Waals surface area contributed by atoms with Gasteiger partial charge in [-0.2, -0.15) is 8.78 Å². The minimum Gasteiger partial charge on any atom is -0.469 e. The lowest BCUT2D eigenvalue weighted by Gasteiger charge is -2.05. The molecule has 1 amide bonds. The van der Waals surface area contributed by atoms with Gasteiger partial charge in [0.05, 0.1) is 11.8 Å². The molecule has 1 aromatic carbocycles. The molecule has 1 N–H and O–H groups in total. The van der Waals surface area contributed by atoms with Gasteiger partial charge in [0, 0.05) is 10.6 Å². The number of hydrogen-bond acceptors (Lipinski definition) is 3. The van der Waals surface area contributed by atoms with E-state index in [2.05, 4.69) is 5.32 Å². The van der Waals surface area contributed by atoms with Gasteiger partial charge in [-0.05, 0) is 37.3 Å². The molecule has 100 valence electrons. The van der Waals surface area contributed by atoms with Crippen molar-refractivity contribution in [3.8, 4) is 0 Å². The number of benzene rings is 1. The second-order valence-electron chi connectivity index (χ2n) is 3.75. The third-order valence-corrected chi connectivity index (χ3v) is 3.16. The molecule has 0 atom stereocenters. The van der Waals surface area contributed by atoms with Crippen molar-refractivity contribution in [3.05, 3.63) is 47.9 Å². The molecule has 2 rings (SSSR count). The number of rotatable bonds is 4. The molecule has 0 aliphatic heterocycles. The number of furan rings is 1. The van der Waals surface area contributed by atoms with E-state index in [1.54, 1.807) is 25.1 Å². The number of aryl methyl sites for hydroxylation is 1. The van der Waals surface area contributed by atoms with E-state index in [1.807, 2.05) is 0 Å². The molecular weight excluding hydrogens is 272 g/mol. The van der Waals surface area contributed by atoms with Gasteiger partial charge in [0.1, 0.15) is 5.76 Å². The van der Waals surface area contributed by atoms with Crippen LogP contribution < -0.4 is 5.32 Å². The van der Waals surface area contributed by atoms with Crippen LogP contribution >= 0.6 is 11.8 Å². The zero-order valence-corrected chi connectivity index (χ0v) is 10.8. The smallest absolute Gasteiger partial charge is 0.288 e. The molecule has 0 radical (unpaired) electrons. The summed E-state index contributed by atoms with van der Waals surface area (Å²) in [5, 5.41) is 2.67. The Morgan fingerprint density at radius 2 is 1.95 bits per heavy atom. The van der Waals surface area contributed by atoms with Crippen LogP contribution in [0.3, 0.4) is 0 Å². The highest BCUT2D eigenvalue weighted by Crippen LogP contribution is 2.26. The second kappa shape index (κ2) is 5.88. The topological polar surface area (TPSA) is 42.2 Å². The fraction of sp³-hybridized carbons (Fsp3) is 0.154. The van der Waals surface area contributed by atoms with Crippen LogP contribution in [-0.2, 0) is 0 Å². The van der Waals surface area contributed by atoms with Crippen molar-refractivity contribution in [2.75, 3.05) is 5.32 Å². The molecular formula is C13H11F2NO2S. The van der Waals surface area contributed by atoms with Crippen LogP contribution in [0.5, 0.6) is 0 Å². The van der Waals surface area contributed by atoms with E-state index in [9.17, 15) is 13.6 Å². The Kier molecular flexibility index (Phi) is 4.21. The Balaban J connectivity index is 2.04. The van der Waals surface area contributed by atoms with Crippen molar-refractivity contribution >= 4 is 23.4 Å². The number of hydrogen-bond donors (Lipinski definition) is 1. The zero-order chi connectivity index (χ0) is 13.8. The maximum Gasteiger partial charge on any atom is 0.288 e.